The second-order valence-corrected chi connectivity index (χ2v) is 7.42. The van der Waals surface area contributed by atoms with Crippen LogP contribution in [0, 0.1) is 28.6 Å². The lowest BCUT2D eigenvalue weighted by molar-refractivity contribution is -0.138. The van der Waals surface area contributed by atoms with Crippen molar-refractivity contribution < 1.29 is 22.8 Å². The van der Waals surface area contributed by atoms with Gasteiger partial charge in [-0.25, -0.2) is 0 Å². The second-order valence-electron chi connectivity index (χ2n) is 7.42. The van der Waals surface area contributed by atoms with Gasteiger partial charge in [0, 0.05) is 23.8 Å². The van der Waals surface area contributed by atoms with Crippen molar-refractivity contribution in [3.63, 3.8) is 0 Å². The average molecular weight is 452 g/mol. The highest BCUT2D eigenvalue weighted by molar-refractivity contribution is 6.12. The molecule has 0 spiro atoms. The van der Waals surface area contributed by atoms with Crippen LogP contribution in [0.25, 0.3) is 0 Å². The normalized spacial score (nSPS) is 18.5. The van der Waals surface area contributed by atoms with Crippen molar-refractivity contribution in [3.8, 4) is 12.1 Å². The summed E-state index contributed by atoms with van der Waals surface area (Å²) in [5.41, 5.74) is -0.00122. The predicted octanol–water partition coefficient (Wildman–Crippen LogP) is 4.26. The number of alkyl halides is 3. The van der Waals surface area contributed by atoms with Gasteiger partial charge < -0.3 is 5.32 Å². The van der Waals surface area contributed by atoms with Crippen LogP contribution in [0.15, 0.2) is 59.8 Å². The molecule has 0 fully saturated rings. The van der Waals surface area contributed by atoms with Gasteiger partial charge in [-0.05, 0) is 49.7 Å². The molecule has 0 aromatic heterocycles. The van der Waals surface area contributed by atoms with Crippen LogP contribution in [-0.4, -0.2) is 18.4 Å². The lowest BCUT2D eigenvalue weighted by Crippen LogP contribution is -2.50. The van der Waals surface area contributed by atoms with Crippen molar-refractivity contribution in [3.05, 3.63) is 76.5 Å². The summed E-state index contributed by atoms with van der Waals surface area (Å²) in [7, 11) is 0. The maximum Gasteiger partial charge on any atom is 0.416 e. The fraction of sp³-hybridized carbons (Fsp3) is 0.250. The molecular weight excluding hydrogens is 433 g/mol. The molecule has 1 N–H and O–H groups in total. The van der Waals surface area contributed by atoms with E-state index < -0.39 is 35.4 Å². The van der Waals surface area contributed by atoms with Crippen molar-refractivity contribution in [2.75, 3.05) is 11.4 Å². The van der Waals surface area contributed by atoms with Crippen molar-refractivity contribution in [1.29, 1.82) is 10.5 Å². The van der Waals surface area contributed by atoms with Gasteiger partial charge in [0.25, 0.3) is 0 Å². The molecule has 2 aromatic rings. The Morgan fingerprint density at radius 1 is 1.12 bits per heavy atom. The molecule has 0 aliphatic carbocycles. The van der Waals surface area contributed by atoms with Gasteiger partial charge in [-0.3, -0.25) is 14.5 Å². The summed E-state index contributed by atoms with van der Waals surface area (Å²) in [6.45, 7) is 3.34. The van der Waals surface area contributed by atoms with Crippen molar-refractivity contribution >= 4 is 17.5 Å². The molecule has 0 radical (unpaired) electrons. The first kappa shape index (κ1) is 23.6. The zero-order chi connectivity index (χ0) is 24.3. The Bertz CT molecular complexity index is 1200. The molecule has 3 rings (SSSR count). The highest BCUT2D eigenvalue weighted by Gasteiger charge is 2.46. The summed E-state index contributed by atoms with van der Waals surface area (Å²) in [5.74, 6) is -3.73. The number of anilines is 1. The van der Waals surface area contributed by atoms with Gasteiger partial charge >= 0.3 is 6.18 Å². The van der Waals surface area contributed by atoms with Gasteiger partial charge in [0.2, 0.25) is 11.8 Å². The molecule has 2 unspecified atom stereocenters. The summed E-state index contributed by atoms with van der Waals surface area (Å²) in [5, 5.41) is 21.6. The highest BCUT2D eigenvalue weighted by Crippen LogP contribution is 2.43. The SMILES string of the molecule is CCNC(=O)C1C(=O)N(c2cccc(C(F)(F)F)c2)C(C)=C(C#N)C1c1ccc(C#N)cc1. The Morgan fingerprint density at radius 3 is 2.33 bits per heavy atom. The van der Waals surface area contributed by atoms with E-state index >= 15 is 0 Å². The van der Waals surface area contributed by atoms with Gasteiger partial charge in [0.15, 0.2) is 0 Å². The maximum absolute atomic E-state index is 13.6. The number of benzene rings is 2. The zero-order valence-electron chi connectivity index (χ0n) is 17.8. The number of hydrogen-bond donors (Lipinski definition) is 1. The van der Waals surface area contributed by atoms with Crippen LogP contribution in [0.4, 0.5) is 18.9 Å². The third kappa shape index (κ3) is 4.44. The minimum absolute atomic E-state index is 0.0768. The van der Waals surface area contributed by atoms with Crippen LogP contribution < -0.4 is 10.2 Å². The average Bonchev–Trinajstić information content (AvgIpc) is 2.78. The molecule has 2 amide bonds. The van der Waals surface area contributed by atoms with E-state index in [4.69, 9.17) is 5.26 Å². The van der Waals surface area contributed by atoms with E-state index in [2.05, 4.69) is 5.32 Å². The summed E-state index contributed by atoms with van der Waals surface area (Å²) in [4.78, 5) is 27.5. The molecule has 6 nitrogen and oxygen atoms in total. The number of amides is 2. The minimum Gasteiger partial charge on any atom is -0.356 e. The number of carbonyl (C=O) groups excluding carboxylic acids is 2. The second kappa shape index (κ2) is 9.17. The third-order valence-electron chi connectivity index (χ3n) is 5.44. The Kier molecular flexibility index (Phi) is 6.55. The number of rotatable bonds is 4. The Balaban J connectivity index is 2.23. The van der Waals surface area contributed by atoms with Crippen LogP contribution in [0.3, 0.4) is 0 Å². The van der Waals surface area contributed by atoms with Crippen LogP contribution in [0.5, 0.6) is 0 Å². The standard InChI is InChI=1S/C24H19F3N4O2/c1-3-30-22(32)21-20(16-9-7-15(12-28)8-10-16)19(13-29)14(2)31(23(21)33)18-6-4-5-17(11-18)24(25,26)27/h4-11,20-21H,3H2,1-2H3,(H,30,32). The van der Waals surface area contributed by atoms with E-state index in [1.165, 1.54) is 31.2 Å². The maximum atomic E-state index is 13.6. The molecule has 2 atom stereocenters. The number of nitriles is 2. The van der Waals surface area contributed by atoms with E-state index in [9.17, 15) is 28.0 Å². The molecule has 0 bridgehead atoms. The van der Waals surface area contributed by atoms with E-state index in [0.29, 0.717) is 11.1 Å². The molecular formula is C24H19F3N4O2. The number of nitrogens with zero attached hydrogens (tertiary/aromatic N) is 3. The quantitative estimate of drug-likeness (QED) is 0.701. The first-order valence-electron chi connectivity index (χ1n) is 10.0. The molecule has 0 saturated heterocycles. The summed E-state index contributed by atoms with van der Waals surface area (Å²) >= 11 is 0. The number of allylic oxidation sites excluding steroid dienone is 2. The van der Waals surface area contributed by atoms with Crippen LogP contribution in [0.1, 0.15) is 36.5 Å². The highest BCUT2D eigenvalue weighted by atomic mass is 19.4. The summed E-state index contributed by atoms with van der Waals surface area (Å²) < 4.78 is 39.8. The molecule has 33 heavy (non-hydrogen) atoms. The number of hydrogen-bond acceptors (Lipinski definition) is 4. The van der Waals surface area contributed by atoms with Crippen LogP contribution in [0.2, 0.25) is 0 Å². The molecule has 2 aromatic carbocycles. The summed E-state index contributed by atoms with van der Waals surface area (Å²) in [6.07, 6.45) is -4.63. The third-order valence-corrected chi connectivity index (χ3v) is 5.44. The van der Waals surface area contributed by atoms with E-state index in [1.807, 2.05) is 12.1 Å². The van der Waals surface area contributed by atoms with Crippen LogP contribution >= 0.6 is 0 Å². The van der Waals surface area contributed by atoms with Crippen molar-refractivity contribution in [1.82, 2.24) is 5.32 Å². The lowest BCUT2D eigenvalue weighted by atomic mass is 9.75. The van der Waals surface area contributed by atoms with Crippen LogP contribution in [-0.2, 0) is 15.8 Å². The first-order chi connectivity index (χ1) is 15.6. The summed E-state index contributed by atoms with van der Waals surface area (Å²) in [6, 6.07) is 14.3. The number of nitrogens with one attached hydrogen (secondary N) is 1. The van der Waals surface area contributed by atoms with Gasteiger partial charge in [-0.1, -0.05) is 18.2 Å². The Hall–Kier alpha value is -4.11. The van der Waals surface area contributed by atoms with Gasteiger partial charge in [0.1, 0.15) is 5.92 Å². The van der Waals surface area contributed by atoms with E-state index in [0.717, 1.165) is 17.0 Å². The zero-order valence-corrected chi connectivity index (χ0v) is 17.8. The van der Waals surface area contributed by atoms with Gasteiger partial charge in [0.05, 0.1) is 28.8 Å². The predicted molar refractivity (Wildman–Crippen MR) is 113 cm³/mol. The fourth-order valence-corrected chi connectivity index (χ4v) is 3.92. The monoisotopic (exact) mass is 452 g/mol. The topological polar surface area (TPSA) is 97.0 Å². The smallest absolute Gasteiger partial charge is 0.356 e. The Labute approximate surface area is 188 Å². The Morgan fingerprint density at radius 2 is 1.79 bits per heavy atom. The van der Waals surface area contributed by atoms with Gasteiger partial charge in [-0.2, -0.15) is 23.7 Å². The lowest BCUT2D eigenvalue weighted by Gasteiger charge is -2.38. The largest absolute Gasteiger partial charge is 0.416 e. The molecule has 1 aliphatic heterocycles. The molecule has 168 valence electrons. The molecule has 1 heterocycles. The first-order valence-corrected chi connectivity index (χ1v) is 10.0. The minimum atomic E-state index is -4.63. The molecule has 9 heteroatoms. The number of carbonyl (C=O) groups is 2. The molecule has 0 saturated carbocycles. The van der Waals surface area contributed by atoms with Crippen molar-refractivity contribution in [2.24, 2.45) is 5.92 Å². The van der Waals surface area contributed by atoms with Gasteiger partial charge in [-0.15, -0.1) is 0 Å². The van der Waals surface area contributed by atoms with Crippen molar-refractivity contribution in [2.45, 2.75) is 25.9 Å². The van der Waals surface area contributed by atoms with E-state index in [1.54, 1.807) is 19.1 Å². The molecule has 1 aliphatic rings. The van der Waals surface area contributed by atoms with E-state index in [-0.39, 0.29) is 23.5 Å². The fourth-order valence-electron chi connectivity index (χ4n) is 3.92. The number of halogens is 3.